The molecule has 7 heteroatoms. The zero-order valence-electron chi connectivity index (χ0n) is 22.5. The largest absolute Gasteiger partial charge is 0.481 e. The average Bonchev–Trinajstić information content (AvgIpc) is 2.78. The number of unbranched alkanes of at least 4 members (excludes halogenated alkanes) is 13. The molecule has 0 heterocycles. The van der Waals surface area contributed by atoms with Crippen LogP contribution in [0.2, 0.25) is 0 Å². The Bertz CT molecular complexity index is 501. The number of carboxylic acids is 3. The predicted octanol–water partition coefficient (Wildman–Crippen LogP) is 6.88. The van der Waals surface area contributed by atoms with Gasteiger partial charge in [0.25, 0.3) is 0 Å². The molecule has 0 amide bonds. The number of aliphatic carboxylic acids is 3. The highest BCUT2D eigenvalue weighted by atomic mass is 16.4. The van der Waals surface area contributed by atoms with Gasteiger partial charge in [0.15, 0.2) is 0 Å². The molecule has 0 aromatic heterocycles. The molecular weight excluding hydrogens is 446 g/mol. The number of carbonyl (C=O) groups is 3. The molecule has 0 aliphatic heterocycles. The Balaban J connectivity index is 4.34. The van der Waals surface area contributed by atoms with E-state index in [-0.39, 0.29) is 19.3 Å². The summed E-state index contributed by atoms with van der Waals surface area (Å²) >= 11 is 0. The van der Waals surface area contributed by atoms with E-state index in [4.69, 9.17) is 15.3 Å². The SMILES string of the molecule is CCCCCCCCCCCCCCCC[N+](CCCC(=O)O)(CCCC(=O)O)CCCC(=O)O. The van der Waals surface area contributed by atoms with Crippen LogP contribution in [0.5, 0.6) is 0 Å². The fourth-order valence-corrected chi connectivity index (χ4v) is 5.01. The Hall–Kier alpha value is -1.63. The summed E-state index contributed by atoms with van der Waals surface area (Å²) in [7, 11) is 0. The van der Waals surface area contributed by atoms with Crippen molar-refractivity contribution in [2.45, 2.75) is 135 Å². The molecular formula is C28H54NO6+. The summed E-state index contributed by atoms with van der Waals surface area (Å²) in [6.07, 6.45) is 19.9. The first kappa shape index (κ1) is 33.4. The van der Waals surface area contributed by atoms with Gasteiger partial charge in [-0.15, -0.1) is 0 Å². The van der Waals surface area contributed by atoms with Crippen molar-refractivity contribution in [2.24, 2.45) is 0 Å². The summed E-state index contributed by atoms with van der Waals surface area (Å²) in [5.41, 5.74) is 0. The molecule has 0 bridgehead atoms. The van der Waals surface area contributed by atoms with Gasteiger partial charge < -0.3 is 19.8 Å². The van der Waals surface area contributed by atoms with E-state index >= 15 is 0 Å². The average molecular weight is 501 g/mol. The van der Waals surface area contributed by atoms with Crippen LogP contribution in [0.4, 0.5) is 0 Å². The Kier molecular flexibility index (Phi) is 21.7. The van der Waals surface area contributed by atoms with Crippen molar-refractivity contribution in [3.8, 4) is 0 Å². The molecule has 0 saturated heterocycles. The van der Waals surface area contributed by atoms with Gasteiger partial charge in [-0.2, -0.15) is 0 Å². The summed E-state index contributed by atoms with van der Waals surface area (Å²) in [6, 6.07) is 0. The molecule has 0 aromatic carbocycles. The maximum atomic E-state index is 11.0. The summed E-state index contributed by atoms with van der Waals surface area (Å²) in [5, 5.41) is 27.2. The number of hydrogen-bond donors (Lipinski definition) is 3. The molecule has 0 atom stereocenters. The minimum Gasteiger partial charge on any atom is -0.481 e. The second-order valence-corrected chi connectivity index (χ2v) is 10.3. The van der Waals surface area contributed by atoms with Crippen molar-refractivity contribution in [1.29, 1.82) is 0 Å². The molecule has 0 aliphatic carbocycles. The van der Waals surface area contributed by atoms with E-state index in [0.29, 0.717) is 43.4 Å². The lowest BCUT2D eigenvalue weighted by Gasteiger charge is -2.39. The second-order valence-electron chi connectivity index (χ2n) is 10.3. The van der Waals surface area contributed by atoms with E-state index in [1.807, 2.05) is 0 Å². The zero-order chi connectivity index (χ0) is 26.2. The highest BCUT2D eigenvalue weighted by Crippen LogP contribution is 2.19. The molecule has 0 fully saturated rings. The Labute approximate surface area is 213 Å². The maximum Gasteiger partial charge on any atom is 0.303 e. The van der Waals surface area contributed by atoms with Crippen molar-refractivity contribution in [3.05, 3.63) is 0 Å². The molecule has 0 unspecified atom stereocenters. The van der Waals surface area contributed by atoms with Crippen molar-refractivity contribution in [1.82, 2.24) is 0 Å². The first-order chi connectivity index (χ1) is 16.8. The fourth-order valence-electron chi connectivity index (χ4n) is 5.01. The fraction of sp³-hybridized carbons (Fsp3) is 0.893. The summed E-state index contributed by atoms with van der Waals surface area (Å²) in [5.74, 6) is -2.47. The van der Waals surface area contributed by atoms with Crippen LogP contribution in [0.25, 0.3) is 0 Å². The molecule has 7 nitrogen and oxygen atoms in total. The van der Waals surface area contributed by atoms with Crippen LogP contribution in [-0.4, -0.2) is 63.9 Å². The van der Waals surface area contributed by atoms with Crippen molar-refractivity contribution >= 4 is 17.9 Å². The van der Waals surface area contributed by atoms with Gasteiger partial charge in [0.2, 0.25) is 0 Å². The third kappa shape index (κ3) is 22.6. The van der Waals surface area contributed by atoms with Crippen LogP contribution in [0, 0.1) is 0 Å². The lowest BCUT2D eigenvalue weighted by atomic mass is 10.0. The lowest BCUT2D eigenvalue weighted by Crippen LogP contribution is -2.51. The number of hydrogen-bond acceptors (Lipinski definition) is 3. The molecule has 0 saturated carbocycles. The monoisotopic (exact) mass is 500 g/mol. The Morgan fingerprint density at radius 2 is 0.686 bits per heavy atom. The lowest BCUT2D eigenvalue weighted by molar-refractivity contribution is -0.929. The molecule has 206 valence electrons. The molecule has 0 radical (unpaired) electrons. The summed E-state index contributed by atoms with van der Waals surface area (Å²) < 4.78 is 0.645. The molecule has 35 heavy (non-hydrogen) atoms. The Morgan fingerprint density at radius 3 is 0.971 bits per heavy atom. The van der Waals surface area contributed by atoms with E-state index < -0.39 is 17.9 Å². The van der Waals surface area contributed by atoms with E-state index in [2.05, 4.69) is 6.92 Å². The van der Waals surface area contributed by atoms with Crippen LogP contribution in [-0.2, 0) is 14.4 Å². The Morgan fingerprint density at radius 1 is 0.429 bits per heavy atom. The number of rotatable bonds is 27. The zero-order valence-corrected chi connectivity index (χ0v) is 22.5. The van der Waals surface area contributed by atoms with Gasteiger partial charge >= 0.3 is 17.9 Å². The van der Waals surface area contributed by atoms with Crippen LogP contribution in [0.15, 0.2) is 0 Å². The van der Waals surface area contributed by atoms with Gasteiger partial charge in [0.1, 0.15) is 0 Å². The highest BCUT2D eigenvalue weighted by molar-refractivity contribution is 5.67. The van der Waals surface area contributed by atoms with E-state index in [9.17, 15) is 14.4 Å². The van der Waals surface area contributed by atoms with Gasteiger partial charge in [-0.1, -0.05) is 84.0 Å². The standard InChI is InChI=1S/C28H53NO6/c1-2-3-4-5-6-7-8-9-10-11-12-13-14-15-22-29(23-16-19-26(30)31,24-17-20-27(32)33)25-18-21-28(34)35/h2-25H2,1H3,(H2-,30,31,32,33,34,35)/p+1. The maximum absolute atomic E-state index is 11.0. The first-order valence-electron chi connectivity index (χ1n) is 14.3. The van der Waals surface area contributed by atoms with Crippen LogP contribution >= 0.6 is 0 Å². The van der Waals surface area contributed by atoms with E-state index in [1.165, 1.54) is 77.0 Å². The predicted molar refractivity (Wildman–Crippen MR) is 141 cm³/mol. The van der Waals surface area contributed by atoms with E-state index in [1.54, 1.807) is 0 Å². The van der Waals surface area contributed by atoms with Crippen LogP contribution in [0.1, 0.15) is 135 Å². The van der Waals surface area contributed by atoms with Crippen LogP contribution in [0.3, 0.4) is 0 Å². The van der Waals surface area contributed by atoms with Crippen molar-refractivity contribution in [2.75, 3.05) is 26.2 Å². The van der Waals surface area contributed by atoms with Gasteiger partial charge in [0, 0.05) is 19.3 Å². The molecule has 0 aliphatic rings. The van der Waals surface area contributed by atoms with Crippen LogP contribution < -0.4 is 0 Å². The van der Waals surface area contributed by atoms with Crippen molar-refractivity contribution < 1.29 is 34.2 Å². The second kappa shape index (κ2) is 22.8. The molecule has 0 aromatic rings. The molecule has 3 N–H and O–H groups in total. The third-order valence-electron chi connectivity index (χ3n) is 7.06. The third-order valence-corrected chi connectivity index (χ3v) is 7.06. The minimum absolute atomic E-state index is 0.0939. The minimum atomic E-state index is -0.823. The van der Waals surface area contributed by atoms with Gasteiger partial charge in [-0.05, 0) is 12.8 Å². The van der Waals surface area contributed by atoms with Gasteiger partial charge in [-0.25, -0.2) is 0 Å². The van der Waals surface area contributed by atoms with Gasteiger partial charge in [-0.3, -0.25) is 14.4 Å². The van der Waals surface area contributed by atoms with Crippen molar-refractivity contribution in [3.63, 3.8) is 0 Å². The molecule has 0 rings (SSSR count). The molecule has 0 spiro atoms. The summed E-state index contributed by atoms with van der Waals surface area (Å²) in [4.78, 5) is 33.1. The highest BCUT2D eigenvalue weighted by Gasteiger charge is 2.27. The number of nitrogens with zero attached hydrogens (tertiary/aromatic N) is 1. The summed E-state index contributed by atoms with van der Waals surface area (Å²) in [6.45, 7) is 5.14. The van der Waals surface area contributed by atoms with Gasteiger partial charge in [0.05, 0.1) is 45.4 Å². The van der Waals surface area contributed by atoms with E-state index in [0.717, 1.165) is 19.4 Å². The smallest absolute Gasteiger partial charge is 0.303 e. The topological polar surface area (TPSA) is 112 Å². The number of carboxylic acid groups (broad SMARTS) is 3. The number of quaternary nitrogens is 1. The normalized spacial score (nSPS) is 11.6. The first-order valence-corrected chi connectivity index (χ1v) is 14.3. The quantitative estimate of drug-likeness (QED) is 0.0837.